The number of rotatable bonds is 3. The van der Waals surface area contributed by atoms with Gasteiger partial charge in [-0.3, -0.25) is 14.9 Å². The third-order valence-electron chi connectivity index (χ3n) is 1.43. The summed E-state index contributed by atoms with van der Waals surface area (Å²) < 4.78 is 0. The van der Waals surface area contributed by atoms with Crippen LogP contribution in [0.3, 0.4) is 0 Å². The maximum absolute atomic E-state index is 10.9. The van der Waals surface area contributed by atoms with Crippen LogP contribution in [-0.2, 0) is 14.4 Å². The summed E-state index contributed by atoms with van der Waals surface area (Å²) >= 11 is 0. The van der Waals surface area contributed by atoms with E-state index in [0.717, 1.165) is 12.2 Å². The van der Waals surface area contributed by atoms with Crippen LogP contribution in [0.1, 0.15) is 6.42 Å². The molecule has 5 nitrogen and oxygen atoms in total. The van der Waals surface area contributed by atoms with Crippen molar-refractivity contribution in [3.8, 4) is 0 Å². The van der Waals surface area contributed by atoms with Gasteiger partial charge in [0.15, 0.2) is 0 Å². The van der Waals surface area contributed by atoms with Gasteiger partial charge in [0.1, 0.15) is 0 Å². The number of carboxylic acids is 1. The minimum absolute atomic E-state index is 0.157. The summed E-state index contributed by atoms with van der Waals surface area (Å²) in [6.07, 6.45) is 3.56. The van der Waals surface area contributed by atoms with Crippen molar-refractivity contribution in [2.75, 3.05) is 0 Å². The first-order chi connectivity index (χ1) is 6.09. The Morgan fingerprint density at radius 1 is 1.54 bits per heavy atom. The SMILES string of the molecule is O=C(O)C=CCC1=CC(=O)NC1=O. The normalized spacial score (nSPS) is 16.2. The molecule has 0 saturated heterocycles. The molecule has 1 heterocycles. The number of carbonyl (C=O) groups excluding carboxylic acids is 2. The Hall–Kier alpha value is -1.91. The number of nitrogens with one attached hydrogen (secondary N) is 1. The second-order valence-corrected chi connectivity index (χ2v) is 2.43. The molecule has 0 saturated carbocycles. The molecule has 0 radical (unpaired) electrons. The molecule has 0 fully saturated rings. The van der Waals surface area contributed by atoms with E-state index in [1.807, 2.05) is 0 Å². The minimum Gasteiger partial charge on any atom is -0.478 e. The highest BCUT2D eigenvalue weighted by Gasteiger charge is 2.18. The fourth-order valence-corrected chi connectivity index (χ4v) is 0.890. The number of carbonyl (C=O) groups is 3. The average Bonchev–Trinajstić information content (AvgIpc) is 2.29. The van der Waals surface area contributed by atoms with Crippen LogP contribution in [0.4, 0.5) is 0 Å². The fourth-order valence-electron chi connectivity index (χ4n) is 0.890. The van der Waals surface area contributed by atoms with Gasteiger partial charge in [0, 0.05) is 17.7 Å². The maximum atomic E-state index is 10.9. The van der Waals surface area contributed by atoms with Crippen molar-refractivity contribution in [1.82, 2.24) is 5.32 Å². The third kappa shape index (κ3) is 2.55. The van der Waals surface area contributed by atoms with E-state index in [4.69, 9.17) is 5.11 Å². The topological polar surface area (TPSA) is 83.5 Å². The number of aliphatic carboxylic acids is 1. The second kappa shape index (κ2) is 3.66. The van der Waals surface area contributed by atoms with E-state index in [0.29, 0.717) is 0 Å². The van der Waals surface area contributed by atoms with Gasteiger partial charge in [-0.25, -0.2) is 4.79 Å². The van der Waals surface area contributed by atoms with Gasteiger partial charge in [0.2, 0.25) is 0 Å². The number of hydrogen-bond acceptors (Lipinski definition) is 3. The molecule has 0 bridgehead atoms. The molecule has 1 aliphatic rings. The van der Waals surface area contributed by atoms with E-state index in [9.17, 15) is 14.4 Å². The lowest BCUT2D eigenvalue weighted by Gasteiger charge is -1.91. The largest absolute Gasteiger partial charge is 0.478 e. The van der Waals surface area contributed by atoms with E-state index >= 15 is 0 Å². The molecule has 0 atom stereocenters. The summed E-state index contributed by atoms with van der Waals surface area (Å²) in [6.45, 7) is 0. The molecule has 0 unspecified atom stereocenters. The quantitative estimate of drug-likeness (QED) is 0.458. The van der Waals surface area contributed by atoms with Crippen LogP contribution >= 0.6 is 0 Å². The molecule has 1 aliphatic heterocycles. The maximum Gasteiger partial charge on any atom is 0.327 e. The van der Waals surface area contributed by atoms with Gasteiger partial charge in [0.05, 0.1) is 0 Å². The first-order valence-electron chi connectivity index (χ1n) is 3.55. The molecule has 0 aromatic carbocycles. The van der Waals surface area contributed by atoms with E-state index in [2.05, 4.69) is 5.32 Å². The summed E-state index contributed by atoms with van der Waals surface area (Å²) in [4.78, 5) is 31.5. The zero-order valence-electron chi connectivity index (χ0n) is 6.61. The first-order valence-corrected chi connectivity index (χ1v) is 3.55. The highest BCUT2D eigenvalue weighted by atomic mass is 16.4. The summed E-state index contributed by atoms with van der Waals surface area (Å²) in [7, 11) is 0. The van der Waals surface area contributed by atoms with Crippen molar-refractivity contribution >= 4 is 17.8 Å². The molecule has 0 aromatic heterocycles. The van der Waals surface area contributed by atoms with Crippen LogP contribution in [0.15, 0.2) is 23.8 Å². The lowest BCUT2D eigenvalue weighted by atomic mass is 10.2. The van der Waals surface area contributed by atoms with Crippen molar-refractivity contribution < 1.29 is 19.5 Å². The Morgan fingerprint density at radius 3 is 2.69 bits per heavy atom. The summed E-state index contributed by atoms with van der Waals surface area (Å²) in [5.41, 5.74) is 0.280. The molecule has 5 heteroatoms. The number of imide groups is 1. The molecule has 0 spiro atoms. The van der Waals surface area contributed by atoms with Crippen LogP contribution in [-0.4, -0.2) is 22.9 Å². The number of allylic oxidation sites excluding steroid dienone is 1. The van der Waals surface area contributed by atoms with Crippen molar-refractivity contribution in [2.45, 2.75) is 6.42 Å². The Bertz CT molecular complexity index is 327. The van der Waals surface area contributed by atoms with Gasteiger partial charge >= 0.3 is 5.97 Å². The van der Waals surface area contributed by atoms with E-state index in [1.54, 1.807) is 0 Å². The number of hydrogen-bond donors (Lipinski definition) is 2. The number of amides is 2. The van der Waals surface area contributed by atoms with Crippen LogP contribution in [0.2, 0.25) is 0 Å². The van der Waals surface area contributed by atoms with Crippen molar-refractivity contribution in [3.05, 3.63) is 23.8 Å². The summed E-state index contributed by atoms with van der Waals surface area (Å²) in [5, 5.41) is 10.3. The number of carboxylic acid groups (broad SMARTS) is 1. The van der Waals surface area contributed by atoms with Crippen LogP contribution < -0.4 is 5.32 Å². The zero-order chi connectivity index (χ0) is 9.84. The van der Waals surface area contributed by atoms with Gasteiger partial charge in [-0.2, -0.15) is 0 Å². The fraction of sp³-hybridized carbons (Fsp3) is 0.125. The van der Waals surface area contributed by atoms with Crippen molar-refractivity contribution in [2.24, 2.45) is 0 Å². The van der Waals surface area contributed by atoms with E-state index in [-0.39, 0.29) is 12.0 Å². The van der Waals surface area contributed by atoms with Gasteiger partial charge < -0.3 is 5.11 Å². The van der Waals surface area contributed by atoms with Crippen LogP contribution in [0.5, 0.6) is 0 Å². The second-order valence-electron chi connectivity index (χ2n) is 2.43. The smallest absolute Gasteiger partial charge is 0.327 e. The Morgan fingerprint density at radius 2 is 2.23 bits per heavy atom. The molecule has 68 valence electrons. The molecule has 0 aromatic rings. The molecular formula is C8H7NO4. The molecule has 13 heavy (non-hydrogen) atoms. The molecule has 0 aliphatic carbocycles. The van der Waals surface area contributed by atoms with Crippen molar-refractivity contribution in [3.63, 3.8) is 0 Å². The highest BCUT2D eigenvalue weighted by molar-refractivity contribution is 6.16. The monoisotopic (exact) mass is 181 g/mol. The Balaban J connectivity index is 2.55. The molecule has 1 rings (SSSR count). The Kier molecular flexibility index (Phi) is 2.59. The van der Waals surface area contributed by atoms with Gasteiger partial charge in [-0.05, 0) is 6.42 Å². The predicted octanol–water partition coefficient (Wildman–Crippen LogP) is -0.400. The molecule has 2 N–H and O–H groups in total. The standard InChI is InChI=1S/C8H7NO4/c10-6-4-5(8(13)9-6)2-1-3-7(11)12/h1,3-4H,2H2,(H,11,12)(H,9,10,13). The molecule has 2 amide bonds. The minimum atomic E-state index is -1.08. The van der Waals surface area contributed by atoms with Gasteiger partial charge in [-0.15, -0.1) is 0 Å². The lowest BCUT2D eigenvalue weighted by Crippen LogP contribution is -2.21. The van der Waals surface area contributed by atoms with Gasteiger partial charge in [0.25, 0.3) is 11.8 Å². The summed E-state index contributed by atoms with van der Waals surface area (Å²) in [5.74, 6) is -1.99. The lowest BCUT2D eigenvalue weighted by molar-refractivity contribution is -0.131. The highest BCUT2D eigenvalue weighted by Crippen LogP contribution is 2.07. The third-order valence-corrected chi connectivity index (χ3v) is 1.43. The predicted molar refractivity (Wildman–Crippen MR) is 42.6 cm³/mol. The van der Waals surface area contributed by atoms with Gasteiger partial charge in [-0.1, -0.05) is 6.08 Å². The average molecular weight is 181 g/mol. The van der Waals surface area contributed by atoms with E-state index < -0.39 is 17.8 Å². The summed E-state index contributed by atoms with van der Waals surface area (Å²) in [6, 6.07) is 0. The first kappa shape index (κ1) is 9.18. The van der Waals surface area contributed by atoms with Crippen LogP contribution in [0, 0.1) is 0 Å². The van der Waals surface area contributed by atoms with Crippen LogP contribution in [0.25, 0.3) is 0 Å². The Labute approximate surface area is 73.7 Å². The zero-order valence-corrected chi connectivity index (χ0v) is 6.61. The van der Waals surface area contributed by atoms with Crippen molar-refractivity contribution in [1.29, 1.82) is 0 Å². The molecular weight excluding hydrogens is 174 g/mol. The van der Waals surface area contributed by atoms with E-state index in [1.165, 1.54) is 6.08 Å².